The maximum Gasteiger partial charge on any atom is 0.223 e. The Morgan fingerprint density at radius 1 is 1.24 bits per heavy atom. The summed E-state index contributed by atoms with van der Waals surface area (Å²) in [6.45, 7) is 4.76. The summed E-state index contributed by atoms with van der Waals surface area (Å²) in [5.41, 5.74) is 2.81. The van der Waals surface area contributed by atoms with Crippen molar-refractivity contribution in [1.82, 2.24) is 14.9 Å². The first-order valence-electron chi connectivity index (χ1n) is 9.69. The van der Waals surface area contributed by atoms with Crippen molar-refractivity contribution in [3.8, 4) is 11.5 Å². The fourth-order valence-corrected chi connectivity index (χ4v) is 4.32. The Morgan fingerprint density at radius 3 is 2.72 bits per heavy atom. The zero-order valence-corrected chi connectivity index (χ0v) is 18.3. The van der Waals surface area contributed by atoms with E-state index in [9.17, 15) is 4.79 Å². The van der Waals surface area contributed by atoms with Gasteiger partial charge in [0, 0.05) is 23.4 Å². The van der Waals surface area contributed by atoms with Crippen molar-refractivity contribution in [3.63, 3.8) is 0 Å². The summed E-state index contributed by atoms with van der Waals surface area (Å²) in [6, 6.07) is 11.8. The number of amides is 1. The third kappa shape index (κ3) is 3.96. The van der Waals surface area contributed by atoms with Gasteiger partial charge in [-0.25, -0.2) is 4.98 Å². The number of fused-ring (bicyclic) bond motifs is 1. The molecule has 2 aromatic carbocycles. The Morgan fingerprint density at radius 2 is 2.00 bits per heavy atom. The number of imidazole rings is 1. The van der Waals surface area contributed by atoms with Gasteiger partial charge in [0.15, 0.2) is 0 Å². The summed E-state index contributed by atoms with van der Waals surface area (Å²) in [7, 11) is 1.65. The first kappa shape index (κ1) is 19.8. The molecule has 1 saturated heterocycles. The van der Waals surface area contributed by atoms with Gasteiger partial charge in [0.1, 0.15) is 23.1 Å². The van der Waals surface area contributed by atoms with Crippen molar-refractivity contribution in [1.29, 1.82) is 0 Å². The van der Waals surface area contributed by atoms with E-state index >= 15 is 0 Å². The number of carbonyl (C=O) groups is 1. The van der Waals surface area contributed by atoms with Gasteiger partial charge in [-0.2, -0.15) is 0 Å². The van der Waals surface area contributed by atoms with Gasteiger partial charge in [-0.3, -0.25) is 4.79 Å². The summed E-state index contributed by atoms with van der Waals surface area (Å²) >= 11 is 3.52. The predicted octanol–water partition coefficient (Wildman–Crippen LogP) is 4.71. The summed E-state index contributed by atoms with van der Waals surface area (Å²) in [4.78, 5) is 22.1. The molecule has 1 amide bonds. The standard InChI is InChI=1S/C22H24BrN3O3/c1-13(15-4-6-18(28-3)7-5-15)26-11-16(8-21(26)27)14(2)29-20-10-17(23)9-19-22(20)25-12-24-19/h4-7,9-10,12-14,16H,8,11H2,1-3H3,(H,24,25). The number of ether oxygens (including phenoxy) is 2. The predicted molar refractivity (Wildman–Crippen MR) is 115 cm³/mol. The topological polar surface area (TPSA) is 67.5 Å². The van der Waals surface area contributed by atoms with Crippen LogP contribution in [-0.2, 0) is 4.79 Å². The molecule has 3 aromatic rings. The van der Waals surface area contributed by atoms with E-state index in [0.717, 1.165) is 32.6 Å². The molecule has 0 radical (unpaired) electrons. The Hall–Kier alpha value is -2.54. The molecular weight excluding hydrogens is 434 g/mol. The minimum atomic E-state index is -0.110. The monoisotopic (exact) mass is 457 g/mol. The molecule has 0 aliphatic carbocycles. The first-order valence-corrected chi connectivity index (χ1v) is 10.5. The van der Waals surface area contributed by atoms with Gasteiger partial charge in [0.05, 0.1) is 25.0 Å². The maximum absolute atomic E-state index is 12.7. The van der Waals surface area contributed by atoms with Crippen LogP contribution < -0.4 is 9.47 Å². The molecule has 0 bridgehead atoms. The summed E-state index contributed by atoms with van der Waals surface area (Å²) in [6.07, 6.45) is 2.03. The number of hydrogen-bond donors (Lipinski definition) is 1. The Bertz CT molecular complexity index is 1020. The molecule has 29 heavy (non-hydrogen) atoms. The number of nitrogens with one attached hydrogen (secondary N) is 1. The van der Waals surface area contributed by atoms with Crippen LogP contribution in [0.1, 0.15) is 31.9 Å². The number of nitrogens with zero attached hydrogens (tertiary/aromatic N) is 2. The molecule has 2 heterocycles. The van der Waals surface area contributed by atoms with E-state index in [0.29, 0.717) is 13.0 Å². The molecule has 1 aromatic heterocycles. The SMILES string of the molecule is COc1ccc(C(C)N2CC(C(C)Oc3cc(Br)cc4[nH]cnc34)CC2=O)cc1. The van der Waals surface area contributed by atoms with Crippen LogP contribution in [-0.4, -0.2) is 40.5 Å². The molecule has 6 nitrogen and oxygen atoms in total. The molecule has 1 fully saturated rings. The largest absolute Gasteiger partial charge is 0.497 e. The lowest BCUT2D eigenvalue weighted by Crippen LogP contribution is -2.31. The van der Waals surface area contributed by atoms with E-state index in [2.05, 4.69) is 32.8 Å². The molecule has 0 spiro atoms. The number of rotatable bonds is 6. The lowest BCUT2D eigenvalue weighted by atomic mass is 10.0. The number of benzene rings is 2. The van der Waals surface area contributed by atoms with Crippen molar-refractivity contribution in [2.75, 3.05) is 13.7 Å². The van der Waals surface area contributed by atoms with Crippen molar-refractivity contribution < 1.29 is 14.3 Å². The van der Waals surface area contributed by atoms with Crippen LogP contribution in [0.25, 0.3) is 11.0 Å². The summed E-state index contributed by atoms with van der Waals surface area (Å²) < 4.78 is 12.4. The number of aromatic nitrogens is 2. The molecular formula is C22H24BrN3O3. The van der Waals surface area contributed by atoms with E-state index < -0.39 is 0 Å². The number of aromatic amines is 1. The van der Waals surface area contributed by atoms with E-state index in [1.54, 1.807) is 13.4 Å². The minimum Gasteiger partial charge on any atom is -0.497 e. The molecule has 3 unspecified atom stereocenters. The fourth-order valence-electron chi connectivity index (χ4n) is 3.88. The Labute approximate surface area is 178 Å². The highest BCUT2D eigenvalue weighted by Gasteiger charge is 2.37. The van der Waals surface area contributed by atoms with Gasteiger partial charge in [0.25, 0.3) is 0 Å². The molecule has 7 heteroatoms. The molecule has 0 saturated carbocycles. The molecule has 1 N–H and O–H groups in total. The Balaban J connectivity index is 1.47. The lowest BCUT2D eigenvalue weighted by molar-refractivity contribution is -0.129. The summed E-state index contributed by atoms with van der Waals surface area (Å²) in [5.74, 6) is 1.81. The molecule has 3 atom stereocenters. The van der Waals surface area contributed by atoms with Crippen LogP contribution in [0.5, 0.6) is 11.5 Å². The lowest BCUT2D eigenvalue weighted by Gasteiger charge is -2.27. The van der Waals surface area contributed by atoms with E-state index in [4.69, 9.17) is 9.47 Å². The zero-order valence-electron chi connectivity index (χ0n) is 16.7. The highest BCUT2D eigenvalue weighted by atomic mass is 79.9. The van der Waals surface area contributed by atoms with Crippen molar-refractivity contribution in [2.45, 2.75) is 32.4 Å². The van der Waals surface area contributed by atoms with Gasteiger partial charge in [0.2, 0.25) is 5.91 Å². The molecule has 4 rings (SSSR count). The van der Waals surface area contributed by atoms with Crippen LogP contribution in [0.3, 0.4) is 0 Å². The van der Waals surface area contributed by atoms with Crippen LogP contribution in [0, 0.1) is 5.92 Å². The smallest absolute Gasteiger partial charge is 0.223 e. The highest BCUT2D eigenvalue weighted by molar-refractivity contribution is 9.10. The average molecular weight is 458 g/mol. The Kier molecular flexibility index (Phi) is 5.50. The second-order valence-corrected chi connectivity index (χ2v) is 8.40. The van der Waals surface area contributed by atoms with Gasteiger partial charge in [-0.15, -0.1) is 0 Å². The van der Waals surface area contributed by atoms with Crippen LogP contribution in [0.2, 0.25) is 0 Å². The average Bonchev–Trinajstić information content (AvgIpc) is 3.34. The number of likely N-dealkylation sites (tertiary alicyclic amines) is 1. The third-order valence-corrected chi connectivity index (χ3v) is 6.14. The fraction of sp³-hybridized carbons (Fsp3) is 0.364. The normalized spacial score (nSPS) is 18.8. The van der Waals surface area contributed by atoms with Crippen molar-refractivity contribution in [3.05, 3.63) is 52.8 Å². The van der Waals surface area contributed by atoms with Crippen molar-refractivity contribution in [2.24, 2.45) is 5.92 Å². The van der Waals surface area contributed by atoms with Gasteiger partial charge >= 0.3 is 0 Å². The number of carbonyl (C=O) groups excluding carboxylic acids is 1. The van der Waals surface area contributed by atoms with E-state index in [1.807, 2.05) is 48.2 Å². The number of halogens is 1. The molecule has 1 aliphatic rings. The minimum absolute atomic E-state index is 0.00882. The second kappa shape index (κ2) is 8.06. The zero-order chi connectivity index (χ0) is 20.5. The van der Waals surface area contributed by atoms with Gasteiger partial charge in [-0.05, 0) is 43.7 Å². The highest BCUT2D eigenvalue weighted by Crippen LogP contribution is 2.34. The quantitative estimate of drug-likeness (QED) is 0.581. The van der Waals surface area contributed by atoms with Crippen LogP contribution in [0.15, 0.2) is 47.2 Å². The number of H-pyrrole nitrogens is 1. The van der Waals surface area contributed by atoms with Crippen LogP contribution >= 0.6 is 15.9 Å². The first-order chi connectivity index (χ1) is 14.0. The second-order valence-electron chi connectivity index (χ2n) is 7.49. The number of methoxy groups -OCH3 is 1. The molecule has 152 valence electrons. The third-order valence-electron chi connectivity index (χ3n) is 5.68. The van der Waals surface area contributed by atoms with Crippen LogP contribution in [0.4, 0.5) is 0 Å². The number of hydrogen-bond acceptors (Lipinski definition) is 4. The van der Waals surface area contributed by atoms with Gasteiger partial charge in [-0.1, -0.05) is 28.1 Å². The van der Waals surface area contributed by atoms with E-state index in [1.165, 1.54) is 0 Å². The van der Waals surface area contributed by atoms with Crippen molar-refractivity contribution >= 4 is 32.9 Å². The van der Waals surface area contributed by atoms with Gasteiger partial charge < -0.3 is 19.4 Å². The summed E-state index contributed by atoms with van der Waals surface area (Å²) in [5, 5.41) is 0. The maximum atomic E-state index is 12.7. The van der Waals surface area contributed by atoms with E-state index in [-0.39, 0.29) is 24.0 Å². The molecule has 1 aliphatic heterocycles.